The van der Waals surface area contributed by atoms with Gasteiger partial charge in [-0.05, 0) is 12.1 Å². The van der Waals surface area contributed by atoms with Gasteiger partial charge in [0, 0.05) is 0 Å². The first-order valence-electron chi connectivity index (χ1n) is 5.24. The van der Waals surface area contributed by atoms with Crippen LogP contribution in [0.25, 0.3) is 5.69 Å². The van der Waals surface area contributed by atoms with Crippen LogP contribution >= 0.6 is 0 Å². The summed E-state index contributed by atoms with van der Waals surface area (Å²) in [4.78, 5) is 11.4. The van der Waals surface area contributed by atoms with Crippen molar-refractivity contribution < 1.29 is 22.7 Å². The van der Waals surface area contributed by atoms with Gasteiger partial charge in [-0.15, -0.1) is 0 Å². The van der Waals surface area contributed by atoms with Crippen LogP contribution in [-0.4, -0.2) is 22.9 Å². The highest BCUT2D eigenvalue weighted by Gasteiger charge is 2.40. The van der Waals surface area contributed by atoms with Gasteiger partial charge in [0.25, 0.3) is 0 Å². The van der Waals surface area contributed by atoms with Crippen molar-refractivity contribution in [2.45, 2.75) is 6.18 Å². The predicted octanol–water partition coefficient (Wildman–Crippen LogP) is 2.68. The average Bonchev–Trinajstić information content (AvgIpc) is 2.83. The number of ether oxygens (including phenoxy) is 1. The molecule has 0 radical (unpaired) electrons. The fourth-order valence-corrected chi connectivity index (χ4v) is 1.65. The fraction of sp³-hybridized carbons (Fsp3) is 0.167. The van der Waals surface area contributed by atoms with Gasteiger partial charge in [0.2, 0.25) is 0 Å². The number of carbonyl (C=O) groups excluding carboxylic acids is 1. The zero-order chi connectivity index (χ0) is 14.0. The van der Waals surface area contributed by atoms with Gasteiger partial charge in [-0.1, -0.05) is 18.2 Å². The van der Waals surface area contributed by atoms with E-state index in [-0.39, 0.29) is 5.69 Å². The lowest BCUT2D eigenvalue weighted by atomic mass is 10.2. The molecule has 0 aliphatic rings. The highest BCUT2D eigenvalue weighted by Crippen LogP contribution is 2.33. The number of nitrogens with zero attached hydrogens (tertiary/aromatic N) is 2. The van der Waals surface area contributed by atoms with E-state index in [4.69, 9.17) is 0 Å². The molecule has 0 unspecified atom stereocenters. The largest absolute Gasteiger partial charge is 0.465 e. The molecule has 0 saturated carbocycles. The highest BCUT2D eigenvalue weighted by atomic mass is 19.4. The Hall–Kier alpha value is -2.31. The molecule has 19 heavy (non-hydrogen) atoms. The summed E-state index contributed by atoms with van der Waals surface area (Å²) in [6, 6.07) is 7.75. The van der Waals surface area contributed by atoms with Gasteiger partial charge in [-0.3, -0.25) is 0 Å². The number of rotatable bonds is 2. The van der Waals surface area contributed by atoms with Crippen LogP contribution in [0.2, 0.25) is 0 Å². The molecule has 0 N–H and O–H groups in total. The molecule has 100 valence electrons. The van der Waals surface area contributed by atoms with Crippen molar-refractivity contribution in [3.05, 3.63) is 47.8 Å². The van der Waals surface area contributed by atoms with Crippen LogP contribution in [0.15, 0.2) is 36.5 Å². The minimum atomic E-state index is -4.71. The van der Waals surface area contributed by atoms with Crippen molar-refractivity contribution in [3.63, 3.8) is 0 Å². The molecule has 2 rings (SSSR count). The summed E-state index contributed by atoms with van der Waals surface area (Å²) in [5.41, 5.74) is -1.55. The lowest BCUT2D eigenvalue weighted by Crippen LogP contribution is -2.17. The summed E-state index contributed by atoms with van der Waals surface area (Å²) in [7, 11) is 1.02. The molecule has 0 amide bonds. The number of benzene rings is 1. The Bertz CT molecular complexity index is 591. The third-order valence-corrected chi connectivity index (χ3v) is 2.44. The molecule has 0 atom stereocenters. The van der Waals surface area contributed by atoms with E-state index in [9.17, 15) is 18.0 Å². The van der Waals surface area contributed by atoms with E-state index in [0.29, 0.717) is 4.68 Å². The second-order valence-electron chi connectivity index (χ2n) is 3.64. The van der Waals surface area contributed by atoms with Crippen LogP contribution in [0.4, 0.5) is 13.2 Å². The van der Waals surface area contributed by atoms with E-state index in [1.807, 2.05) is 0 Å². The minimum absolute atomic E-state index is 0.213. The zero-order valence-corrected chi connectivity index (χ0v) is 9.81. The summed E-state index contributed by atoms with van der Waals surface area (Å²) in [6.07, 6.45) is -3.86. The zero-order valence-electron chi connectivity index (χ0n) is 9.81. The first kappa shape index (κ1) is 13.1. The molecule has 1 aromatic carbocycles. The quantitative estimate of drug-likeness (QED) is 0.788. The number of aromatic nitrogens is 2. The summed E-state index contributed by atoms with van der Waals surface area (Å²) >= 11 is 0. The topological polar surface area (TPSA) is 44.1 Å². The maximum Gasteiger partial charge on any atom is 0.434 e. The molecule has 7 heteroatoms. The molecule has 0 spiro atoms. The number of methoxy groups -OCH3 is 1. The van der Waals surface area contributed by atoms with E-state index in [0.717, 1.165) is 13.3 Å². The molecule has 0 aliphatic carbocycles. The van der Waals surface area contributed by atoms with Gasteiger partial charge in [-0.25, -0.2) is 9.48 Å². The fourth-order valence-electron chi connectivity index (χ4n) is 1.65. The maximum absolute atomic E-state index is 13.1. The highest BCUT2D eigenvalue weighted by molar-refractivity contribution is 5.90. The van der Waals surface area contributed by atoms with Crippen molar-refractivity contribution in [1.82, 2.24) is 9.78 Å². The second-order valence-corrected chi connectivity index (χ2v) is 3.64. The van der Waals surface area contributed by atoms with E-state index in [2.05, 4.69) is 9.84 Å². The lowest BCUT2D eigenvalue weighted by Gasteiger charge is -2.11. The van der Waals surface area contributed by atoms with Gasteiger partial charge in [0.05, 0.1) is 19.0 Å². The van der Waals surface area contributed by atoms with E-state index < -0.39 is 23.4 Å². The predicted molar refractivity (Wildman–Crippen MR) is 59.9 cm³/mol. The summed E-state index contributed by atoms with van der Waals surface area (Å²) in [5.74, 6) is -1.07. The summed E-state index contributed by atoms with van der Waals surface area (Å²) in [6.45, 7) is 0. The first-order chi connectivity index (χ1) is 8.95. The molecule has 4 nitrogen and oxygen atoms in total. The van der Waals surface area contributed by atoms with Crippen LogP contribution in [0.1, 0.15) is 16.1 Å². The van der Waals surface area contributed by atoms with Crippen LogP contribution < -0.4 is 0 Å². The molecular formula is C12H9F3N2O2. The number of hydrogen-bond donors (Lipinski definition) is 0. The van der Waals surface area contributed by atoms with Gasteiger partial charge in [-0.2, -0.15) is 18.3 Å². The Morgan fingerprint density at radius 1 is 1.26 bits per heavy atom. The second kappa shape index (κ2) is 4.75. The van der Waals surface area contributed by atoms with Crippen LogP contribution in [0.5, 0.6) is 0 Å². The first-order valence-corrected chi connectivity index (χ1v) is 5.24. The van der Waals surface area contributed by atoms with E-state index >= 15 is 0 Å². The maximum atomic E-state index is 13.1. The van der Waals surface area contributed by atoms with Gasteiger partial charge in [0.1, 0.15) is 5.56 Å². The van der Waals surface area contributed by atoms with Crippen molar-refractivity contribution in [2.24, 2.45) is 0 Å². The van der Waals surface area contributed by atoms with E-state index in [1.165, 1.54) is 12.1 Å². The molecule has 2 aromatic rings. The molecule has 0 saturated heterocycles. The Balaban J connectivity index is 2.64. The van der Waals surface area contributed by atoms with Crippen molar-refractivity contribution >= 4 is 5.97 Å². The van der Waals surface area contributed by atoms with Gasteiger partial charge < -0.3 is 4.74 Å². The monoisotopic (exact) mass is 270 g/mol. The SMILES string of the molecule is COC(=O)c1cnn(-c2ccccc2)c1C(F)(F)F. The third kappa shape index (κ3) is 2.44. The smallest absolute Gasteiger partial charge is 0.434 e. The Morgan fingerprint density at radius 3 is 2.42 bits per heavy atom. The molecule has 1 heterocycles. The molecular weight excluding hydrogens is 261 g/mol. The Labute approximate surface area is 106 Å². The van der Waals surface area contributed by atoms with Crippen LogP contribution in [-0.2, 0) is 10.9 Å². The Morgan fingerprint density at radius 2 is 1.89 bits per heavy atom. The molecule has 1 aromatic heterocycles. The number of hydrogen-bond acceptors (Lipinski definition) is 3. The third-order valence-electron chi connectivity index (χ3n) is 2.44. The van der Waals surface area contributed by atoms with Crippen molar-refractivity contribution in [2.75, 3.05) is 7.11 Å². The molecule has 0 fully saturated rings. The van der Waals surface area contributed by atoms with Gasteiger partial charge >= 0.3 is 12.1 Å². The minimum Gasteiger partial charge on any atom is -0.465 e. The number of esters is 1. The number of alkyl halides is 3. The van der Waals surface area contributed by atoms with Gasteiger partial charge in [0.15, 0.2) is 5.69 Å². The van der Waals surface area contributed by atoms with Crippen LogP contribution in [0, 0.1) is 0 Å². The molecule has 0 bridgehead atoms. The van der Waals surface area contributed by atoms with Crippen molar-refractivity contribution in [3.8, 4) is 5.69 Å². The van der Waals surface area contributed by atoms with Crippen molar-refractivity contribution in [1.29, 1.82) is 0 Å². The normalized spacial score (nSPS) is 11.4. The summed E-state index contributed by atoms with van der Waals surface area (Å²) in [5, 5.41) is 3.62. The average molecular weight is 270 g/mol. The van der Waals surface area contributed by atoms with E-state index in [1.54, 1.807) is 18.2 Å². The number of carbonyl (C=O) groups is 1. The van der Waals surface area contributed by atoms with Crippen LogP contribution in [0.3, 0.4) is 0 Å². The lowest BCUT2D eigenvalue weighted by molar-refractivity contribution is -0.143. The number of para-hydroxylation sites is 1. The summed E-state index contributed by atoms with van der Waals surface area (Å²) < 4.78 is 44.2. The standard InChI is InChI=1S/C12H9F3N2O2/c1-19-11(18)9-7-16-17(10(9)12(13,14)15)8-5-3-2-4-6-8/h2-7H,1H3. The number of halogens is 3. The molecule has 0 aliphatic heterocycles. The Kier molecular flexibility index (Phi) is 3.28.